The molecule has 0 aliphatic carbocycles. The Kier molecular flexibility index (Phi) is 4.29. The van der Waals surface area contributed by atoms with Crippen LogP contribution in [0.25, 0.3) is 0 Å². The summed E-state index contributed by atoms with van der Waals surface area (Å²) in [6, 6.07) is 8.73. The van der Waals surface area contributed by atoms with Gasteiger partial charge in [0.25, 0.3) is 10.0 Å². The molecule has 0 fully saturated rings. The van der Waals surface area contributed by atoms with E-state index in [0.29, 0.717) is 4.47 Å². The summed E-state index contributed by atoms with van der Waals surface area (Å²) in [5.74, 6) is -2.26. The van der Waals surface area contributed by atoms with Gasteiger partial charge in [0.1, 0.15) is 5.82 Å². The van der Waals surface area contributed by atoms with Crippen LogP contribution in [0.5, 0.6) is 0 Å². The lowest BCUT2D eigenvalue weighted by atomic mass is 10.2. The Labute approximate surface area is 128 Å². The number of nitrogens with one attached hydrogen (secondary N) is 1. The van der Waals surface area contributed by atoms with Gasteiger partial charge in [-0.05, 0) is 42.5 Å². The number of hydrogen-bond donors (Lipinski definition) is 2. The van der Waals surface area contributed by atoms with Crippen molar-refractivity contribution in [2.75, 3.05) is 4.72 Å². The molecule has 5 nitrogen and oxygen atoms in total. The molecule has 0 radical (unpaired) electrons. The molecule has 110 valence electrons. The average Bonchev–Trinajstić information content (AvgIpc) is 2.41. The molecular formula is C13H9BrFNO4S. The zero-order valence-corrected chi connectivity index (χ0v) is 12.8. The zero-order chi connectivity index (χ0) is 15.6. The van der Waals surface area contributed by atoms with Crippen molar-refractivity contribution in [1.82, 2.24) is 0 Å². The Morgan fingerprint density at radius 2 is 1.76 bits per heavy atom. The lowest BCUT2D eigenvalue weighted by molar-refractivity contribution is 0.0696. The van der Waals surface area contributed by atoms with Crippen molar-refractivity contribution in [2.45, 2.75) is 4.90 Å². The minimum atomic E-state index is -3.94. The van der Waals surface area contributed by atoms with Crippen molar-refractivity contribution in [3.8, 4) is 0 Å². The second kappa shape index (κ2) is 5.82. The lowest BCUT2D eigenvalue weighted by Gasteiger charge is -2.09. The van der Waals surface area contributed by atoms with Gasteiger partial charge in [-0.3, -0.25) is 4.72 Å². The van der Waals surface area contributed by atoms with Gasteiger partial charge in [-0.1, -0.05) is 15.9 Å². The fraction of sp³-hybridized carbons (Fsp3) is 0. The van der Waals surface area contributed by atoms with E-state index < -0.39 is 21.8 Å². The predicted molar refractivity (Wildman–Crippen MR) is 78.3 cm³/mol. The number of benzene rings is 2. The fourth-order valence-electron chi connectivity index (χ4n) is 1.55. The van der Waals surface area contributed by atoms with Crippen LogP contribution in [0.2, 0.25) is 0 Å². The second-order valence-electron chi connectivity index (χ2n) is 4.06. The summed E-state index contributed by atoms with van der Waals surface area (Å²) >= 11 is 3.18. The van der Waals surface area contributed by atoms with Gasteiger partial charge < -0.3 is 5.11 Å². The van der Waals surface area contributed by atoms with E-state index in [9.17, 15) is 17.6 Å². The van der Waals surface area contributed by atoms with E-state index in [-0.39, 0.29) is 16.1 Å². The minimum Gasteiger partial charge on any atom is -0.478 e. The van der Waals surface area contributed by atoms with Gasteiger partial charge in [0.05, 0.1) is 16.1 Å². The predicted octanol–water partition coefficient (Wildman–Crippen LogP) is 3.09. The first-order chi connectivity index (χ1) is 9.79. The number of carboxylic acids is 1. The summed E-state index contributed by atoms with van der Waals surface area (Å²) in [6.45, 7) is 0. The van der Waals surface area contributed by atoms with E-state index in [4.69, 9.17) is 5.11 Å². The molecule has 0 atom stereocenters. The van der Waals surface area contributed by atoms with Crippen LogP contribution in [0, 0.1) is 5.82 Å². The van der Waals surface area contributed by atoms with Gasteiger partial charge in [-0.15, -0.1) is 0 Å². The van der Waals surface area contributed by atoms with Crippen LogP contribution < -0.4 is 4.72 Å². The summed E-state index contributed by atoms with van der Waals surface area (Å²) in [4.78, 5) is 10.7. The molecule has 2 rings (SSSR count). The van der Waals surface area contributed by atoms with Gasteiger partial charge in [-0.2, -0.15) is 0 Å². The number of carboxylic acid groups (broad SMARTS) is 1. The molecule has 0 heterocycles. The number of halogens is 2. The molecule has 0 saturated carbocycles. The van der Waals surface area contributed by atoms with E-state index in [2.05, 4.69) is 20.7 Å². The number of sulfonamides is 1. The average molecular weight is 374 g/mol. The number of carbonyl (C=O) groups is 1. The lowest BCUT2D eigenvalue weighted by Crippen LogP contribution is -2.14. The number of anilines is 1. The Balaban J connectivity index is 2.32. The molecule has 2 N–H and O–H groups in total. The SMILES string of the molecule is O=C(O)c1ccc(NS(=O)(=O)c2ccc(Br)cc2)c(F)c1. The van der Waals surface area contributed by atoms with Gasteiger partial charge in [0.2, 0.25) is 0 Å². The molecule has 8 heteroatoms. The quantitative estimate of drug-likeness (QED) is 0.862. The third kappa shape index (κ3) is 3.59. The maximum absolute atomic E-state index is 13.7. The molecule has 0 aliphatic rings. The molecule has 0 aromatic heterocycles. The van der Waals surface area contributed by atoms with Crippen molar-refractivity contribution in [3.05, 3.63) is 58.3 Å². The summed E-state index contributed by atoms with van der Waals surface area (Å²) < 4.78 is 40.7. The third-order valence-corrected chi connectivity index (χ3v) is 4.49. The smallest absolute Gasteiger partial charge is 0.335 e. The van der Waals surface area contributed by atoms with Crippen molar-refractivity contribution < 1.29 is 22.7 Å². The largest absolute Gasteiger partial charge is 0.478 e. The van der Waals surface area contributed by atoms with E-state index in [1.54, 1.807) is 12.1 Å². The first-order valence-electron chi connectivity index (χ1n) is 5.61. The minimum absolute atomic E-state index is 0.0348. The third-order valence-electron chi connectivity index (χ3n) is 2.58. The Morgan fingerprint density at radius 1 is 1.14 bits per heavy atom. The molecule has 2 aromatic rings. The van der Waals surface area contributed by atoms with Crippen molar-refractivity contribution in [1.29, 1.82) is 0 Å². The van der Waals surface area contributed by atoms with Gasteiger partial charge in [0, 0.05) is 4.47 Å². The molecule has 0 aliphatic heterocycles. The van der Waals surface area contributed by atoms with E-state index in [1.165, 1.54) is 12.1 Å². The maximum Gasteiger partial charge on any atom is 0.335 e. The Hall–Kier alpha value is -1.93. The highest BCUT2D eigenvalue weighted by Gasteiger charge is 2.17. The summed E-state index contributed by atoms with van der Waals surface area (Å²) in [7, 11) is -3.94. The monoisotopic (exact) mass is 373 g/mol. The van der Waals surface area contributed by atoms with Gasteiger partial charge in [-0.25, -0.2) is 17.6 Å². The number of hydrogen-bond acceptors (Lipinski definition) is 3. The summed E-state index contributed by atoms with van der Waals surface area (Å²) in [5.41, 5.74) is -0.581. The highest BCUT2D eigenvalue weighted by molar-refractivity contribution is 9.10. The zero-order valence-electron chi connectivity index (χ0n) is 10.4. The summed E-state index contributed by atoms with van der Waals surface area (Å²) in [5, 5.41) is 8.73. The molecule has 0 amide bonds. The van der Waals surface area contributed by atoms with Crippen molar-refractivity contribution in [2.24, 2.45) is 0 Å². The van der Waals surface area contributed by atoms with Crippen molar-refractivity contribution >= 4 is 37.6 Å². The highest BCUT2D eigenvalue weighted by atomic mass is 79.9. The Bertz CT molecular complexity index is 790. The first kappa shape index (κ1) is 15.5. The molecule has 0 bridgehead atoms. The molecular weight excluding hydrogens is 365 g/mol. The van der Waals surface area contributed by atoms with Crippen LogP contribution in [0.1, 0.15) is 10.4 Å². The second-order valence-corrected chi connectivity index (χ2v) is 6.66. The van der Waals surface area contributed by atoms with Crippen LogP contribution in [-0.4, -0.2) is 19.5 Å². The first-order valence-corrected chi connectivity index (χ1v) is 7.88. The van der Waals surface area contributed by atoms with Crippen LogP contribution in [0.3, 0.4) is 0 Å². The van der Waals surface area contributed by atoms with Gasteiger partial charge >= 0.3 is 5.97 Å². The molecule has 0 unspecified atom stereocenters. The molecule has 2 aromatic carbocycles. The summed E-state index contributed by atoms with van der Waals surface area (Å²) in [6.07, 6.45) is 0. The number of rotatable bonds is 4. The maximum atomic E-state index is 13.7. The standard InChI is InChI=1S/C13H9BrFNO4S/c14-9-2-4-10(5-3-9)21(19,20)16-12-6-1-8(13(17)18)7-11(12)15/h1-7,16H,(H,17,18). The van der Waals surface area contributed by atoms with Crippen molar-refractivity contribution in [3.63, 3.8) is 0 Å². The Morgan fingerprint density at radius 3 is 2.29 bits per heavy atom. The van der Waals surface area contributed by atoms with Crippen LogP contribution >= 0.6 is 15.9 Å². The number of aromatic carboxylic acids is 1. The van der Waals surface area contributed by atoms with Gasteiger partial charge in [0.15, 0.2) is 0 Å². The molecule has 0 spiro atoms. The topological polar surface area (TPSA) is 83.5 Å². The fourth-order valence-corrected chi connectivity index (χ4v) is 2.88. The van der Waals surface area contributed by atoms with Crippen LogP contribution in [0.4, 0.5) is 10.1 Å². The molecule has 0 saturated heterocycles. The normalized spacial score (nSPS) is 11.1. The van der Waals surface area contributed by atoms with E-state index in [1.807, 2.05) is 0 Å². The van der Waals surface area contributed by atoms with E-state index in [0.717, 1.165) is 18.2 Å². The van der Waals surface area contributed by atoms with Crippen LogP contribution in [0.15, 0.2) is 51.8 Å². The van der Waals surface area contributed by atoms with Crippen LogP contribution in [-0.2, 0) is 10.0 Å². The highest BCUT2D eigenvalue weighted by Crippen LogP contribution is 2.21. The van der Waals surface area contributed by atoms with E-state index >= 15 is 0 Å². The molecule has 21 heavy (non-hydrogen) atoms.